The lowest BCUT2D eigenvalue weighted by atomic mass is 10.0. The average molecular weight is 258 g/mol. The number of halogens is 2. The first-order chi connectivity index (χ1) is 8.42. The monoisotopic (exact) mass is 258 g/mol. The SMILES string of the molecule is CC(O)CC(C)NC(CN)c1cc(F)cc(F)c1. The third-order valence-corrected chi connectivity index (χ3v) is 2.70. The van der Waals surface area contributed by atoms with E-state index in [4.69, 9.17) is 5.73 Å². The highest BCUT2D eigenvalue weighted by atomic mass is 19.1. The van der Waals surface area contributed by atoms with E-state index in [1.54, 1.807) is 6.92 Å². The van der Waals surface area contributed by atoms with Crippen LogP contribution in [0, 0.1) is 11.6 Å². The van der Waals surface area contributed by atoms with Crippen molar-refractivity contribution in [2.24, 2.45) is 5.73 Å². The van der Waals surface area contributed by atoms with Gasteiger partial charge in [0.2, 0.25) is 0 Å². The van der Waals surface area contributed by atoms with Gasteiger partial charge in [-0.2, -0.15) is 0 Å². The van der Waals surface area contributed by atoms with Gasteiger partial charge >= 0.3 is 0 Å². The van der Waals surface area contributed by atoms with Crippen LogP contribution in [0.3, 0.4) is 0 Å². The van der Waals surface area contributed by atoms with Crippen molar-refractivity contribution in [2.45, 2.75) is 38.5 Å². The van der Waals surface area contributed by atoms with E-state index >= 15 is 0 Å². The Hall–Kier alpha value is -1.04. The van der Waals surface area contributed by atoms with Crippen LogP contribution in [-0.4, -0.2) is 23.8 Å². The van der Waals surface area contributed by atoms with Gasteiger partial charge < -0.3 is 16.2 Å². The molecule has 1 aromatic rings. The minimum atomic E-state index is -0.617. The van der Waals surface area contributed by atoms with E-state index in [-0.39, 0.29) is 18.6 Å². The summed E-state index contributed by atoms with van der Waals surface area (Å²) in [4.78, 5) is 0. The molecule has 4 N–H and O–H groups in total. The highest BCUT2D eigenvalue weighted by Gasteiger charge is 2.15. The van der Waals surface area contributed by atoms with Crippen molar-refractivity contribution in [3.8, 4) is 0 Å². The van der Waals surface area contributed by atoms with Crippen LogP contribution in [0.2, 0.25) is 0 Å². The van der Waals surface area contributed by atoms with Crippen LogP contribution < -0.4 is 11.1 Å². The van der Waals surface area contributed by atoms with Crippen LogP contribution in [0.4, 0.5) is 8.78 Å². The molecule has 0 aromatic heterocycles. The molecular weight excluding hydrogens is 238 g/mol. The summed E-state index contributed by atoms with van der Waals surface area (Å²) in [5, 5.41) is 12.4. The fourth-order valence-electron chi connectivity index (χ4n) is 2.00. The summed E-state index contributed by atoms with van der Waals surface area (Å²) in [6.07, 6.45) is 0.115. The summed E-state index contributed by atoms with van der Waals surface area (Å²) < 4.78 is 26.2. The molecule has 0 saturated heterocycles. The summed E-state index contributed by atoms with van der Waals surface area (Å²) in [6, 6.07) is 3.04. The molecule has 18 heavy (non-hydrogen) atoms. The van der Waals surface area contributed by atoms with Crippen LogP contribution in [0.15, 0.2) is 18.2 Å². The molecule has 3 atom stereocenters. The van der Waals surface area contributed by atoms with E-state index in [1.165, 1.54) is 12.1 Å². The first-order valence-electron chi connectivity index (χ1n) is 6.02. The summed E-state index contributed by atoms with van der Waals surface area (Å²) in [5.74, 6) is -1.23. The molecule has 0 heterocycles. The Bertz CT molecular complexity index is 365. The number of benzene rings is 1. The van der Waals surface area contributed by atoms with Gasteiger partial charge in [-0.15, -0.1) is 0 Å². The number of hydrogen-bond acceptors (Lipinski definition) is 3. The standard InChI is InChI=1S/C13H20F2N2O/c1-8(3-9(2)18)17-13(7-16)10-4-11(14)6-12(15)5-10/h4-6,8-9,13,17-18H,3,7,16H2,1-2H3. The summed E-state index contributed by atoms with van der Waals surface area (Å²) in [6.45, 7) is 3.82. The van der Waals surface area contributed by atoms with Crippen LogP contribution in [0.25, 0.3) is 0 Å². The second-order valence-electron chi connectivity index (χ2n) is 4.64. The summed E-state index contributed by atoms with van der Waals surface area (Å²) >= 11 is 0. The molecule has 3 unspecified atom stereocenters. The Morgan fingerprint density at radius 3 is 2.22 bits per heavy atom. The molecule has 0 fully saturated rings. The molecule has 0 radical (unpaired) electrons. The minimum absolute atomic E-state index is 0.00452. The number of rotatable bonds is 6. The van der Waals surface area contributed by atoms with Gasteiger partial charge in [0.15, 0.2) is 0 Å². The van der Waals surface area contributed by atoms with E-state index in [1.807, 2.05) is 6.92 Å². The lowest BCUT2D eigenvalue weighted by molar-refractivity contribution is 0.168. The van der Waals surface area contributed by atoms with Crippen molar-refractivity contribution >= 4 is 0 Å². The van der Waals surface area contributed by atoms with Crippen molar-refractivity contribution < 1.29 is 13.9 Å². The zero-order chi connectivity index (χ0) is 13.7. The van der Waals surface area contributed by atoms with Gasteiger partial charge in [-0.25, -0.2) is 8.78 Å². The molecule has 0 aliphatic rings. The van der Waals surface area contributed by atoms with Crippen molar-refractivity contribution in [1.29, 1.82) is 0 Å². The van der Waals surface area contributed by atoms with Gasteiger partial charge in [0.05, 0.1) is 6.10 Å². The van der Waals surface area contributed by atoms with Gasteiger partial charge in [0.25, 0.3) is 0 Å². The lowest BCUT2D eigenvalue weighted by Crippen LogP contribution is -2.36. The molecule has 0 bridgehead atoms. The van der Waals surface area contributed by atoms with Crippen LogP contribution >= 0.6 is 0 Å². The molecule has 0 aliphatic heterocycles. The summed E-state index contributed by atoms with van der Waals surface area (Å²) in [7, 11) is 0. The zero-order valence-electron chi connectivity index (χ0n) is 10.7. The highest BCUT2D eigenvalue weighted by Crippen LogP contribution is 2.17. The van der Waals surface area contributed by atoms with Gasteiger partial charge in [-0.05, 0) is 38.0 Å². The third kappa shape index (κ3) is 4.68. The van der Waals surface area contributed by atoms with Crippen molar-refractivity contribution in [3.63, 3.8) is 0 Å². The second-order valence-corrected chi connectivity index (χ2v) is 4.64. The summed E-state index contributed by atoms with van der Waals surface area (Å²) in [5.41, 5.74) is 6.09. The van der Waals surface area contributed by atoms with Crippen LogP contribution in [0.5, 0.6) is 0 Å². The maximum absolute atomic E-state index is 13.1. The Morgan fingerprint density at radius 2 is 1.78 bits per heavy atom. The first kappa shape index (κ1) is 15.0. The Balaban J connectivity index is 2.76. The average Bonchev–Trinajstić information content (AvgIpc) is 2.23. The fraction of sp³-hybridized carbons (Fsp3) is 0.538. The van der Waals surface area contributed by atoms with Crippen molar-refractivity contribution in [3.05, 3.63) is 35.4 Å². The van der Waals surface area contributed by atoms with Crippen molar-refractivity contribution in [1.82, 2.24) is 5.32 Å². The molecule has 0 spiro atoms. The maximum Gasteiger partial charge on any atom is 0.126 e. The Labute approximate surface area is 106 Å². The predicted molar refractivity (Wildman–Crippen MR) is 67.0 cm³/mol. The van der Waals surface area contributed by atoms with Gasteiger partial charge in [-0.3, -0.25) is 0 Å². The quantitative estimate of drug-likeness (QED) is 0.728. The molecule has 5 heteroatoms. The molecular formula is C13H20F2N2O. The minimum Gasteiger partial charge on any atom is -0.393 e. The van der Waals surface area contributed by atoms with E-state index in [2.05, 4.69) is 5.32 Å². The largest absolute Gasteiger partial charge is 0.393 e. The van der Waals surface area contributed by atoms with E-state index < -0.39 is 17.7 Å². The number of nitrogens with one attached hydrogen (secondary N) is 1. The molecule has 3 nitrogen and oxygen atoms in total. The number of aliphatic hydroxyl groups is 1. The lowest BCUT2D eigenvalue weighted by Gasteiger charge is -2.23. The smallest absolute Gasteiger partial charge is 0.126 e. The second kappa shape index (κ2) is 6.78. The number of aliphatic hydroxyl groups excluding tert-OH is 1. The molecule has 1 aromatic carbocycles. The van der Waals surface area contributed by atoms with E-state index in [0.29, 0.717) is 12.0 Å². The highest BCUT2D eigenvalue weighted by molar-refractivity contribution is 5.22. The molecule has 0 amide bonds. The van der Waals surface area contributed by atoms with Crippen molar-refractivity contribution in [2.75, 3.05) is 6.54 Å². The molecule has 0 saturated carbocycles. The fourth-order valence-corrected chi connectivity index (χ4v) is 2.00. The zero-order valence-corrected chi connectivity index (χ0v) is 10.7. The van der Waals surface area contributed by atoms with E-state index in [9.17, 15) is 13.9 Å². The van der Waals surface area contributed by atoms with Gasteiger partial charge in [0.1, 0.15) is 11.6 Å². The molecule has 1 rings (SSSR count). The first-order valence-corrected chi connectivity index (χ1v) is 6.02. The number of hydrogen-bond donors (Lipinski definition) is 3. The Morgan fingerprint density at radius 1 is 1.22 bits per heavy atom. The van der Waals surface area contributed by atoms with E-state index in [0.717, 1.165) is 6.07 Å². The van der Waals surface area contributed by atoms with Gasteiger partial charge in [-0.1, -0.05) is 0 Å². The van der Waals surface area contributed by atoms with Crippen LogP contribution in [0.1, 0.15) is 31.9 Å². The number of nitrogens with two attached hydrogens (primary N) is 1. The third-order valence-electron chi connectivity index (χ3n) is 2.70. The predicted octanol–water partition coefficient (Wildman–Crippen LogP) is 1.71. The maximum atomic E-state index is 13.1. The molecule has 102 valence electrons. The topological polar surface area (TPSA) is 58.3 Å². The molecule has 0 aliphatic carbocycles. The normalized spacial score (nSPS) is 16.3. The Kier molecular flexibility index (Phi) is 5.65. The van der Waals surface area contributed by atoms with Gasteiger partial charge in [0, 0.05) is 24.7 Å². The van der Waals surface area contributed by atoms with Crippen LogP contribution in [-0.2, 0) is 0 Å².